The Balaban J connectivity index is 1.53. The molecule has 0 heterocycles. The number of rotatable bonds is 4. The normalized spacial score (nSPS) is 29.9. The van der Waals surface area contributed by atoms with E-state index in [2.05, 4.69) is 11.4 Å². The van der Waals surface area contributed by atoms with E-state index in [4.69, 9.17) is 10.00 Å². The summed E-state index contributed by atoms with van der Waals surface area (Å²) < 4.78 is 5.31. The van der Waals surface area contributed by atoms with Gasteiger partial charge < -0.3 is 10.1 Å². The van der Waals surface area contributed by atoms with Crippen molar-refractivity contribution in [2.75, 3.05) is 0 Å². The molecular formula is C17H20N2O2. The van der Waals surface area contributed by atoms with Crippen LogP contribution >= 0.6 is 0 Å². The molecule has 0 unspecified atom stereocenters. The molecule has 4 nitrogen and oxygen atoms in total. The predicted molar refractivity (Wildman–Crippen MR) is 78.2 cm³/mol. The molecule has 2 aliphatic rings. The van der Waals surface area contributed by atoms with E-state index in [0.29, 0.717) is 13.0 Å². The van der Waals surface area contributed by atoms with Gasteiger partial charge in [-0.3, -0.25) is 0 Å². The van der Waals surface area contributed by atoms with Crippen molar-refractivity contribution in [1.29, 1.82) is 5.26 Å². The maximum absolute atomic E-state index is 12.0. The molecule has 0 spiro atoms. The monoisotopic (exact) mass is 284 g/mol. The number of fused-ring (bicyclic) bond motifs is 2. The zero-order chi connectivity index (χ0) is 14.8. The van der Waals surface area contributed by atoms with Crippen molar-refractivity contribution in [2.24, 2.45) is 5.41 Å². The van der Waals surface area contributed by atoms with E-state index in [1.807, 2.05) is 30.3 Å². The maximum Gasteiger partial charge on any atom is 0.407 e. The molecule has 1 amide bonds. The largest absolute Gasteiger partial charge is 0.445 e. The highest BCUT2D eigenvalue weighted by Crippen LogP contribution is 2.58. The number of nitriles is 1. The van der Waals surface area contributed by atoms with Crippen molar-refractivity contribution in [2.45, 2.75) is 50.7 Å². The van der Waals surface area contributed by atoms with Crippen molar-refractivity contribution in [3.05, 3.63) is 35.9 Å². The van der Waals surface area contributed by atoms with Crippen molar-refractivity contribution in [1.82, 2.24) is 5.32 Å². The van der Waals surface area contributed by atoms with Gasteiger partial charge >= 0.3 is 6.09 Å². The van der Waals surface area contributed by atoms with Gasteiger partial charge in [-0.2, -0.15) is 5.26 Å². The van der Waals surface area contributed by atoms with Crippen LogP contribution in [0.3, 0.4) is 0 Å². The van der Waals surface area contributed by atoms with Crippen molar-refractivity contribution >= 4 is 6.09 Å². The Hall–Kier alpha value is -2.02. The summed E-state index contributed by atoms with van der Waals surface area (Å²) in [6.07, 6.45) is 5.21. The number of nitrogens with zero attached hydrogens (tertiary/aromatic N) is 1. The van der Waals surface area contributed by atoms with Crippen LogP contribution in [0.2, 0.25) is 0 Å². The number of hydrogen-bond acceptors (Lipinski definition) is 3. The lowest BCUT2D eigenvalue weighted by Gasteiger charge is -2.27. The van der Waals surface area contributed by atoms with Crippen LogP contribution in [-0.2, 0) is 11.3 Å². The van der Waals surface area contributed by atoms with Gasteiger partial charge in [0.1, 0.15) is 6.61 Å². The molecule has 4 heteroatoms. The molecule has 2 saturated carbocycles. The fourth-order valence-electron chi connectivity index (χ4n) is 3.88. The topological polar surface area (TPSA) is 62.1 Å². The number of carbonyl (C=O) groups excluding carboxylic acids is 1. The number of carbonyl (C=O) groups is 1. The molecule has 1 aromatic rings. The molecule has 0 aliphatic heterocycles. The zero-order valence-corrected chi connectivity index (χ0v) is 12.1. The third kappa shape index (κ3) is 2.87. The van der Waals surface area contributed by atoms with Crippen molar-refractivity contribution < 1.29 is 9.53 Å². The van der Waals surface area contributed by atoms with Crippen molar-refractivity contribution in [3.63, 3.8) is 0 Å². The van der Waals surface area contributed by atoms with Crippen LogP contribution in [0.15, 0.2) is 30.3 Å². The Morgan fingerprint density at radius 2 is 1.95 bits per heavy atom. The van der Waals surface area contributed by atoms with E-state index in [-0.39, 0.29) is 17.0 Å². The number of alkyl carbamates (subject to hydrolysis) is 1. The maximum atomic E-state index is 12.0. The Kier molecular flexibility index (Phi) is 3.59. The van der Waals surface area contributed by atoms with Crippen LogP contribution in [0.1, 0.15) is 44.1 Å². The van der Waals surface area contributed by atoms with E-state index in [0.717, 1.165) is 37.7 Å². The van der Waals surface area contributed by atoms with E-state index >= 15 is 0 Å². The van der Waals surface area contributed by atoms with Gasteiger partial charge in [-0.05, 0) is 43.1 Å². The average Bonchev–Trinajstić information content (AvgIpc) is 3.02. The molecule has 110 valence electrons. The van der Waals surface area contributed by atoms with Gasteiger partial charge in [0.15, 0.2) is 0 Å². The SMILES string of the molecule is N#CCC12CCC(NC(=O)OCc3ccccc3)(CC1)C2. The summed E-state index contributed by atoms with van der Waals surface area (Å²) in [6.45, 7) is 0.298. The molecular weight excluding hydrogens is 264 g/mol. The van der Waals surface area contributed by atoms with Gasteiger partial charge in [0.05, 0.1) is 6.07 Å². The fourth-order valence-corrected chi connectivity index (χ4v) is 3.88. The summed E-state index contributed by atoms with van der Waals surface area (Å²) in [7, 11) is 0. The summed E-state index contributed by atoms with van der Waals surface area (Å²) in [4.78, 5) is 12.0. The van der Waals surface area contributed by atoms with Gasteiger partial charge in [-0.1, -0.05) is 30.3 Å². The lowest BCUT2D eigenvalue weighted by Crippen LogP contribution is -2.45. The summed E-state index contributed by atoms with van der Waals surface area (Å²) in [5.74, 6) is 0. The Morgan fingerprint density at radius 3 is 2.62 bits per heavy atom. The smallest absolute Gasteiger partial charge is 0.407 e. The highest BCUT2D eigenvalue weighted by Gasteiger charge is 2.54. The summed E-state index contributed by atoms with van der Waals surface area (Å²) in [5.41, 5.74) is 0.994. The molecule has 3 rings (SSSR count). The van der Waals surface area contributed by atoms with E-state index in [9.17, 15) is 4.79 Å². The molecule has 2 fully saturated rings. The number of hydrogen-bond donors (Lipinski definition) is 1. The number of nitrogens with one attached hydrogen (secondary N) is 1. The minimum Gasteiger partial charge on any atom is -0.445 e. The Morgan fingerprint density at radius 1 is 1.24 bits per heavy atom. The Bertz CT molecular complexity index is 554. The minimum atomic E-state index is -0.339. The molecule has 0 atom stereocenters. The number of ether oxygens (including phenoxy) is 1. The first-order chi connectivity index (χ1) is 10.2. The lowest BCUT2D eigenvalue weighted by atomic mass is 9.82. The second kappa shape index (κ2) is 5.40. The van der Waals surface area contributed by atoms with Gasteiger partial charge in [0.25, 0.3) is 0 Å². The van der Waals surface area contributed by atoms with Gasteiger partial charge in [0, 0.05) is 12.0 Å². The standard InChI is InChI=1S/C17H20N2O2/c18-11-10-16-6-8-17(13-16,9-7-16)19-15(20)21-12-14-4-2-1-3-5-14/h1-5H,6-10,12-13H2,(H,19,20). The molecule has 21 heavy (non-hydrogen) atoms. The number of amides is 1. The van der Waals surface area contributed by atoms with Crippen LogP contribution in [0, 0.1) is 16.7 Å². The van der Waals surface area contributed by atoms with Crippen LogP contribution in [-0.4, -0.2) is 11.6 Å². The first-order valence-electron chi connectivity index (χ1n) is 7.51. The molecule has 0 aromatic heterocycles. The zero-order valence-electron chi connectivity index (χ0n) is 12.1. The molecule has 2 bridgehead atoms. The Labute approximate surface area is 125 Å². The molecule has 1 N–H and O–H groups in total. The van der Waals surface area contributed by atoms with E-state index in [1.54, 1.807) is 0 Å². The van der Waals surface area contributed by atoms with E-state index < -0.39 is 0 Å². The molecule has 0 saturated heterocycles. The predicted octanol–water partition coefficient (Wildman–Crippen LogP) is 3.53. The van der Waals surface area contributed by atoms with Crippen LogP contribution in [0.4, 0.5) is 4.79 Å². The van der Waals surface area contributed by atoms with Gasteiger partial charge in [-0.25, -0.2) is 4.79 Å². The average molecular weight is 284 g/mol. The second-order valence-corrected chi connectivity index (χ2v) is 6.48. The quantitative estimate of drug-likeness (QED) is 0.920. The summed E-state index contributed by atoms with van der Waals surface area (Å²) in [5, 5.41) is 12.0. The first-order valence-corrected chi connectivity index (χ1v) is 7.51. The van der Waals surface area contributed by atoms with Gasteiger partial charge in [0.2, 0.25) is 0 Å². The van der Waals surface area contributed by atoms with Crippen LogP contribution in [0.25, 0.3) is 0 Å². The molecule has 0 radical (unpaired) electrons. The summed E-state index contributed by atoms with van der Waals surface area (Å²) in [6, 6.07) is 12.0. The van der Waals surface area contributed by atoms with Crippen LogP contribution < -0.4 is 5.32 Å². The highest BCUT2D eigenvalue weighted by molar-refractivity contribution is 5.68. The first kappa shape index (κ1) is 13.9. The lowest BCUT2D eigenvalue weighted by molar-refractivity contribution is 0.126. The van der Waals surface area contributed by atoms with Crippen LogP contribution in [0.5, 0.6) is 0 Å². The van der Waals surface area contributed by atoms with Gasteiger partial charge in [-0.15, -0.1) is 0 Å². The molecule has 2 aliphatic carbocycles. The minimum absolute atomic E-state index is 0.134. The van der Waals surface area contributed by atoms with E-state index in [1.165, 1.54) is 0 Å². The second-order valence-electron chi connectivity index (χ2n) is 6.48. The fraction of sp³-hybridized carbons (Fsp3) is 0.529. The number of benzene rings is 1. The molecule has 1 aromatic carbocycles. The van der Waals surface area contributed by atoms with Crippen molar-refractivity contribution in [3.8, 4) is 6.07 Å². The third-order valence-corrected chi connectivity index (χ3v) is 5.02. The third-order valence-electron chi connectivity index (χ3n) is 5.02. The summed E-state index contributed by atoms with van der Waals surface area (Å²) >= 11 is 0. The highest BCUT2D eigenvalue weighted by atomic mass is 16.5.